The molecule has 0 atom stereocenters. The van der Waals surface area contributed by atoms with Gasteiger partial charge in [0.1, 0.15) is 0 Å². The molecule has 0 aliphatic rings. The van der Waals surface area contributed by atoms with E-state index in [4.69, 9.17) is 0 Å². The number of aromatic nitrogens is 1. The Morgan fingerprint density at radius 3 is 2.50 bits per heavy atom. The van der Waals surface area contributed by atoms with Crippen molar-refractivity contribution >= 4 is 33.1 Å². The zero-order valence-corrected chi connectivity index (χ0v) is 15.5. The van der Waals surface area contributed by atoms with Crippen molar-refractivity contribution in [1.29, 1.82) is 0 Å². The van der Waals surface area contributed by atoms with E-state index in [0.29, 0.717) is 5.56 Å². The number of nitrogens with one attached hydrogen (secondary N) is 1. The van der Waals surface area contributed by atoms with Gasteiger partial charge in [-0.2, -0.15) is 0 Å². The summed E-state index contributed by atoms with van der Waals surface area (Å²) in [5, 5.41) is 4.01. The number of benzene rings is 2. The molecule has 3 nitrogen and oxygen atoms in total. The maximum atomic E-state index is 12.6. The number of amides is 1. The van der Waals surface area contributed by atoms with Crippen molar-refractivity contribution in [2.75, 3.05) is 5.32 Å². The lowest BCUT2D eigenvalue weighted by atomic mass is 9.85. The van der Waals surface area contributed by atoms with Crippen molar-refractivity contribution in [2.24, 2.45) is 0 Å². The summed E-state index contributed by atoms with van der Waals surface area (Å²) in [5.41, 5.74) is 4.71. The van der Waals surface area contributed by atoms with Gasteiger partial charge in [-0.3, -0.25) is 4.79 Å². The first-order valence-electron chi connectivity index (χ1n) is 8.04. The molecule has 0 saturated heterocycles. The lowest BCUT2D eigenvalue weighted by Crippen LogP contribution is -2.16. The van der Waals surface area contributed by atoms with Crippen LogP contribution < -0.4 is 5.32 Å². The largest absolute Gasteiger partial charge is 0.322 e. The predicted octanol–water partition coefficient (Wildman–Crippen LogP) is 5.46. The molecule has 1 N–H and O–H groups in total. The van der Waals surface area contributed by atoms with Crippen molar-refractivity contribution in [3.05, 3.63) is 58.1 Å². The predicted molar refractivity (Wildman–Crippen MR) is 102 cm³/mol. The molecule has 0 radical (unpaired) electrons. The van der Waals surface area contributed by atoms with E-state index in [-0.39, 0.29) is 11.3 Å². The zero-order valence-electron chi connectivity index (χ0n) is 14.7. The minimum Gasteiger partial charge on any atom is -0.322 e. The third-order valence-electron chi connectivity index (χ3n) is 4.09. The number of carbonyl (C=O) groups excluding carboxylic acids is 1. The van der Waals surface area contributed by atoms with Crippen LogP contribution in [0.2, 0.25) is 0 Å². The minimum atomic E-state index is -0.0840. The quantitative estimate of drug-likeness (QED) is 0.674. The molecule has 0 aliphatic heterocycles. The smallest absolute Gasteiger partial charge is 0.255 e. The molecular weight excluding hydrogens is 316 g/mol. The van der Waals surface area contributed by atoms with Gasteiger partial charge >= 0.3 is 0 Å². The summed E-state index contributed by atoms with van der Waals surface area (Å²) in [6.45, 7) is 10.5. The van der Waals surface area contributed by atoms with Crippen molar-refractivity contribution in [2.45, 2.75) is 40.0 Å². The molecule has 24 heavy (non-hydrogen) atoms. The van der Waals surface area contributed by atoms with Crippen LogP contribution in [0.4, 0.5) is 5.69 Å². The van der Waals surface area contributed by atoms with E-state index in [0.717, 1.165) is 26.5 Å². The van der Waals surface area contributed by atoms with Crippen LogP contribution in [0.15, 0.2) is 36.4 Å². The molecule has 0 aliphatic carbocycles. The van der Waals surface area contributed by atoms with E-state index in [1.807, 2.05) is 44.2 Å². The van der Waals surface area contributed by atoms with E-state index < -0.39 is 0 Å². The van der Waals surface area contributed by atoms with Gasteiger partial charge in [0.05, 0.1) is 15.2 Å². The van der Waals surface area contributed by atoms with E-state index in [2.05, 4.69) is 37.1 Å². The normalized spacial score (nSPS) is 11.7. The summed E-state index contributed by atoms with van der Waals surface area (Å²) >= 11 is 1.66. The summed E-state index contributed by atoms with van der Waals surface area (Å²) < 4.78 is 1.14. The molecule has 1 aromatic heterocycles. The van der Waals surface area contributed by atoms with Crippen LogP contribution in [0.3, 0.4) is 0 Å². The summed E-state index contributed by atoms with van der Waals surface area (Å²) in [6.07, 6.45) is 0. The van der Waals surface area contributed by atoms with Crippen molar-refractivity contribution in [3.8, 4) is 0 Å². The molecule has 3 aromatic rings. The van der Waals surface area contributed by atoms with Crippen molar-refractivity contribution < 1.29 is 4.79 Å². The molecule has 4 heteroatoms. The Kier molecular flexibility index (Phi) is 4.18. The second kappa shape index (κ2) is 6.02. The SMILES string of the molecule is Cc1nc2cc(NC(=O)c3ccc(C(C)(C)C)cc3C)ccc2s1. The van der Waals surface area contributed by atoms with Crippen LogP contribution in [0.1, 0.15) is 47.3 Å². The number of anilines is 1. The lowest BCUT2D eigenvalue weighted by molar-refractivity contribution is 0.102. The molecule has 2 aromatic carbocycles. The van der Waals surface area contributed by atoms with Crippen LogP contribution >= 0.6 is 11.3 Å². The Bertz CT molecular complexity index is 919. The Morgan fingerprint density at radius 2 is 1.83 bits per heavy atom. The van der Waals surface area contributed by atoms with Crippen LogP contribution in [-0.2, 0) is 5.41 Å². The molecule has 0 bridgehead atoms. The highest BCUT2D eigenvalue weighted by Crippen LogP contribution is 2.26. The van der Waals surface area contributed by atoms with E-state index >= 15 is 0 Å². The zero-order chi connectivity index (χ0) is 17.5. The summed E-state index contributed by atoms with van der Waals surface area (Å²) in [4.78, 5) is 17.1. The molecule has 0 fully saturated rings. The maximum Gasteiger partial charge on any atom is 0.255 e. The van der Waals surface area contributed by atoms with E-state index in [1.165, 1.54) is 5.56 Å². The number of carbonyl (C=O) groups is 1. The van der Waals surface area contributed by atoms with Gasteiger partial charge in [0, 0.05) is 11.3 Å². The Labute approximate surface area is 146 Å². The van der Waals surface area contributed by atoms with Crippen LogP contribution in [0, 0.1) is 13.8 Å². The van der Waals surface area contributed by atoms with E-state index in [1.54, 1.807) is 11.3 Å². The van der Waals surface area contributed by atoms with Gasteiger partial charge in [-0.05, 0) is 54.7 Å². The highest BCUT2D eigenvalue weighted by atomic mass is 32.1. The Balaban J connectivity index is 1.85. The third-order valence-corrected chi connectivity index (χ3v) is 5.04. The van der Waals surface area contributed by atoms with Gasteiger partial charge in [-0.25, -0.2) is 4.98 Å². The van der Waals surface area contributed by atoms with Crippen LogP contribution in [-0.4, -0.2) is 10.9 Å². The number of hydrogen-bond acceptors (Lipinski definition) is 3. The fourth-order valence-corrected chi connectivity index (χ4v) is 3.51. The molecule has 3 rings (SSSR count). The average molecular weight is 338 g/mol. The number of aryl methyl sites for hydroxylation is 2. The van der Waals surface area contributed by atoms with Crippen LogP contribution in [0.5, 0.6) is 0 Å². The highest BCUT2D eigenvalue weighted by Gasteiger charge is 2.17. The molecule has 1 amide bonds. The van der Waals surface area contributed by atoms with Crippen molar-refractivity contribution in [3.63, 3.8) is 0 Å². The average Bonchev–Trinajstić information content (AvgIpc) is 2.85. The molecule has 1 heterocycles. The Hall–Kier alpha value is -2.20. The van der Waals surface area contributed by atoms with E-state index in [9.17, 15) is 4.79 Å². The molecule has 0 saturated carbocycles. The lowest BCUT2D eigenvalue weighted by Gasteiger charge is -2.20. The molecule has 0 unspecified atom stereocenters. The molecular formula is C20H22N2OS. The van der Waals surface area contributed by atoms with Gasteiger partial charge in [0.2, 0.25) is 0 Å². The highest BCUT2D eigenvalue weighted by molar-refractivity contribution is 7.18. The fourth-order valence-electron chi connectivity index (χ4n) is 2.70. The topological polar surface area (TPSA) is 42.0 Å². The Morgan fingerprint density at radius 1 is 1.08 bits per heavy atom. The number of rotatable bonds is 2. The summed E-state index contributed by atoms with van der Waals surface area (Å²) in [7, 11) is 0. The standard InChI is InChI=1S/C20H22N2OS/c1-12-10-14(20(3,4)5)6-8-16(12)19(23)22-15-7-9-18-17(11-15)21-13(2)24-18/h6-11H,1-5H3,(H,22,23). The van der Waals surface area contributed by atoms with Crippen molar-refractivity contribution in [1.82, 2.24) is 4.98 Å². The van der Waals surface area contributed by atoms with Gasteiger partial charge in [0.25, 0.3) is 5.91 Å². The summed E-state index contributed by atoms with van der Waals surface area (Å²) in [6, 6.07) is 11.9. The van der Waals surface area contributed by atoms with Crippen LogP contribution in [0.25, 0.3) is 10.2 Å². The monoisotopic (exact) mass is 338 g/mol. The first-order chi connectivity index (χ1) is 11.2. The summed E-state index contributed by atoms with van der Waals surface area (Å²) in [5.74, 6) is -0.0840. The number of nitrogens with zero attached hydrogens (tertiary/aromatic N) is 1. The van der Waals surface area contributed by atoms with Gasteiger partial charge < -0.3 is 5.32 Å². The third kappa shape index (κ3) is 3.34. The second-order valence-electron chi connectivity index (χ2n) is 7.15. The molecule has 124 valence electrons. The molecule has 0 spiro atoms. The minimum absolute atomic E-state index is 0.0767. The van der Waals surface area contributed by atoms with Gasteiger partial charge in [-0.15, -0.1) is 11.3 Å². The number of fused-ring (bicyclic) bond motifs is 1. The second-order valence-corrected chi connectivity index (χ2v) is 8.38. The number of thiazole rings is 1. The fraction of sp³-hybridized carbons (Fsp3) is 0.300. The maximum absolute atomic E-state index is 12.6. The first kappa shape index (κ1) is 16.7. The van der Waals surface area contributed by atoms with Gasteiger partial charge in [-0.1, -0.05) is 32.9 Å². The number of hydrogen-bond donors (Lipinski definition) is 1. The first-order valence-corrected chi connectivity index (χ1v) is 8.85. The van der Waals surface area contributed by atoms with Gasteiger partial charge in [0.15, 0.2) is 0 Å².